The van der Waals surface area contributed by atoms with Gasteiger partial charge in [0.1, 0.15) is 5.75 Å². The third kappa shape index (κ3) is 5.94. The smallest absolute Gasteiger partial charge is 0.119 e. The van der Waals surface area contributed by atoms with Crippen LogP contribution >= 0.6 is 0 Å². The average Bonchev–Trinajstić information content (AvgIpc) is 2.37. The Hall–Kier alpha value is -1.53. The molecule has 0 amide bonds. The highest BCUT2D eigenvalue weighted by Gasteiger charge is 1.95. The van der Waals surface area contributed by atoms with Crippen molar-refractivity contribution >= 4 is 0 Å². The van der Waals surface area contributed by atoms with E-state index in [1.807, 2.05) is 12.1 Å². The van der Waals surface area contributed by atoms with Crippen LogP contribution in [0.25, 0.3) is 0 Å². The maximum Gasteiger partial charge on any atom is 0.119 e. The summed E-state index contributed by atoms with van der Waals surface area (Å²) in [5.74, 6) is 0.905. The van der Waals surface area contributed by atoms with Gasteiger partial charge in [-0.05, 0) is 37.1 Å². The van der Waals surface area contributed by atoms with Crippen molar-refractivity contribution in [1.29, 1.82) is 5.26 Å². The predicted molar refractivity (Wildman–Crippen MR) is 68.8 cm³/mol. The molecule has 17 heavy (non-hydrogen) atoms. The molecule has 0 saturated carbocycles. The van der Waals surface area contributed by atoms with Crippen molar-refractivity contribution in [3.63, 3.8) is 0 Å². The molecule has 0 aliphatic carbocycles. The summed E-state index contributed by atoms with van der Waals surface area (Å²) in [5, 5.41) is 11.7. The molecule has 1 N–H and O–H groups in total. The molecule has 0 aliphatic rings. The summed E-state index contributed by atoms with van der Waals surface area (Å²) >= 11 is 0. The quantitative estimate of drug-likeness (QED) is 0.701. The number of nitriles is 1. The van der Waals surface area contributed by atoms with Crippen LogP contribution in [0.15, 0.2) is 24.3 Å². The van der Waals surface area contributed by atoms with Gasteiger partial charge >= 0.3 is 0 Å². The van der Waals surface area contributed by atoms with Crippen molar-refractivity contribution in [2.24, 2.45) is 0 Å². The Kier molecular flexibility index (Phi) is 6.85. The lowest BCUT2D eigenvalue weighted by Crippen LogP contribution is -2.11. The standard InChI is InChI=1S/C14H20N2O/c1-2-16-12-13-6-8-14(9-7-13)17-11-5-3-4-10-15/h6-9,16H,2-5,11-12H2,1H3. The minimum atomic E-state index is 0.616. The lowest BCUT2D eigenvalue weighted by atomic mass is 10.2. The third-order valence-electron chi connectivity index (χ3n) is 2.45. The van der Waals surface area contributed by atoms with Gasteiger partial charge in [0.05, 0.1) is 12.7 Å². The van der Waals surface area contributed by atoms with Crippen molar-refractivity contribution in [2.75, 3.05) is 13.2 Å². The summed E-state index contributed by atoms with van der Waals surface area (Å²) < 4.78 is 5.58. The first-order chi connectivity index (χ1) is 8.36. The van der Waals surface area contributed by atoms with E-state index < -0.39 is 0 Å². The largest absolute Gasteiger partial charge is 0.494 e. The van der Waals surface area contributed by atoms with Gasteiger partial charge in [-0.25, -0.2) is 0 Å². The van der Waals surface area contributed by atoms with Crippen LogP contribution in [0.4, 0.5) is 0 Å². The van der Waals surface area contributed by atoms with Crippen LogP contribution in [-0.4, -0.2) is 13.2 Å². The molecular formula is C14H20N2O. The lowest BCUT2D eigenvalue weighted by molar-refractivity contribution is 0.307. The molecule has 0 aromatic heterocycles. The zero-order valence-corrected chi connectivity index (χ0v) is 10.4. The Bertz CT molecular complexity index is 340. The molecule has 0 spiro atoms. The van der Waals surface area contributed by atoms with Crippen LogP contribution < -0.4 is 10.1 Å². The molecule has 3 heteroatoms. The van der Waals surface area contributed by atoms with E-state index in [9.17, 15) is 0 Å². The van der Waals surface area contributed by atoms with Crippen molar-refractivity contribution < 1.29 is 4.74 Å². The Morgan fingerprint density at radius 1 is 1.24 bits per heavy atom. The third-order valence-corrected chi connectivity index (χ3v) is 2.45. The summed E-state index contributed by atoms with van der Waals surface area (Å²) in [4.78, 5) is 0. The average molecular weight is 232 g/mol. The molecule has 1 rings (SSSR count). The molecule has 0 saturated heterocycles. The van der Waals surface area contributed by atoms with E-state index in [1.54, 1.807) is 0 Å². The summed E-state index contributed by atoms with van der Waals surface area (Å²) in [6.07, 6.45) is 2.46. The van der Waals surface area contributed by atoms with Gasteiger partial charge in [-0.1, -0.05) is 19.1 Å². The van der Waals surface area contributed by atoms with Gasteiger partial charge in [-0.15, -0.1) is 0 Å². The van der Waals surface area contributed by atoms with Crippen molar-refractivity contribution in [2.45, 2.75) is 32.7 Å². The number of hydrogen-bond donors (Lipinski definition) is 1. The highest BCUT2D eigenvalue weighted by molar-refractivity contribution is 5.27. The molecule has 0 unspecified atom stereocenters. The Labute approximate surface area is 103 Å². The summed E-state index contributed by atoms with van der Waals surface area (Å²) in [5.41, 5.74) is 1.27. The first-order valence-corrected chi connectivity index (χ1v) is 6.16. The van der Waals surface area contributed by atoms with Crippen LogP contribution in [0.2, 0.25) is 0 Å². The second-order valence-electron chi connectivity index (χ2n) is 3.89. The zero-order chi connectivity index (χ0) is 12.3. The van der Waals surface area contributed by atoms with Crippen LogP contribution in [0.5, 0.6) is 5.75 Å². The molecule has 0 bridgehead atoms. The van der Waals surface area contributed by atoms with Crippen LogP contribution in [0, 0.1) is 11.3 Å². The Morgan fingerprint density at radius 2 is 2.00 bits per heavy atom. The lowest BCUT2D eigenvalue weighted by Gasteiger charge is -2.07. The number of nitrogens with one attached hydrogen (secondary N) is 1. The van der Waals surface area contributed by atoms with Gasteiger partial charge in [0.15, 0.2) is 0 Å². The zero-order valence-electron chi connectivity index (χ0n) is 10.4. The molecule has 3 nitrogen and oxygen atoms in total. The number of nitrogens with zero attached hydrogens (tertiary/aromatic N) is 1. The number of benzene rings is 1. The van der Waals surface area contributed by atoms with Gasteiger partial charge in [-0.2, -0.15) is 5.26 Å². The normalized spacial score (nSPS) is 9.88. The maximum atomic E-state index is 8.39. The first-order valence-electron chi connectivity index (χ1n) is 6.16. The fraction of sp³-hybridized carbons (Fsp3) is 0.500. The van der Waals surface area contributed by atoms with Crippen molar-refractivity contribution in [3.05, 3.63) is 29.8 Å². The number of ether oxygens (including phenoxy) is 1. The van der Waals surface area contributed by atoms with E-state index in [1.165, 1.54) is 5.56 Å². The molecule has 0 fully saturated rings. The van der Waals surface area contributed by atoms with Gasteiger partial charge in [0.2, 0.25) is 0 Å². The van der Waals surface area contributed by atoms with Crippen molar-refractivity contribution in [1.82, 2.24) is 5.32 Å². The molecule has 1 aromatic rings. The second kappa shape index (κ2) is 8.60. The first kappa shape index (κ1) is 13.5. The van der Waals surface area contributed by atoms with Gasteiger partial charge in [0.25, 0.3) is 0 Å². The molecular weight excluding hydrogens is 212 g/mol. The molecule has 0 heterocycles. The highest BCUT2D eigenvalue weighted by Crippen LogP contribution is 2.12. The highest BCUT2D eigenvalue weighted by atomic mass is 16.5. The number of unbranched alkanes of at least 4 members (excludes halogenated alkanes) is 2. The molecule has 0 aliphatic heterocycles. The molecule has 92 valence electrons. The van der Waals surface area contributed by atoms with E-state index in [-0.39, 0.29) is 0 Å². The minimum Gasteiger partial charge on any atom is -0.494 e. The second-order valence-corrected chi connectivity index (χ2v) is 3.89. The minimum absolute atomic E-state index is 0.616. The fourth-order valence-electron chi connectivity index (χ4n) is 1.47. The Morgan fingerprint density at radius 3 is 2.65 bits per heavy atom. The fourth-order valence-corrected chi connectivity index (χ4v) is 1.47. The summed E-state index contributed by atoms with van der Waals surface area (Å²) in [7, 11) is 0. The predicted octanol–water partition coefficient (Wildman–Crippen LogP) is 2.87. The van der Waals surface area contributed by atoms with E-state index in [2.05, 4.69) is 30.4 Å². The van der Waals surface area contributed by atoms with E-state index in [0.29, 0.717) is 13.0 Å². The van der Waals surface area contributed by atoms with Crippen molar-refractivity contribution in [3.8, 4) is 11.8 Å². The van der Waals surface area contributed by atoms with E-state index >= 15 is 0 Å². The molecule has 0 atom stereocenters. The van der Waals surface area contributed by atoms with E-state index in [0.717, 1.165) is 31.7 Å². The molecule has 1 aromatic carbocycles. The summed E-state index contributed by atoms with van der Waals surface area (Å²) in [6.45, 7) is 4.67. The monoisotopic (exact) mass is 232 g/mol. The maximum absolute atomic E-state index is 8.39. The number of rotatable bonds is 8. The van der Waals surface area contributed by atoms with Gasteiger partial charge in [0, 0.05) is 13.0 Å². The SMILES string of the molecule is CCNCc1ccc(OCCCCC#N)cc1. The van der Waals surface area contributed by atoms with Crippen LogP contribution in [-0.2, 0) is 6.54 Å². The van der Waals surface area contributed by atoms with Crippen LogP contribution in [0.1, 0.15) is 31.7 Å². The topological polar surface area (TPSA) is 45.0 Å². The van der Waals surface area contributed by atoms with Gasteiger partial charge < -0.3 is 10.1 Å². The van der Waals surface area contributed by atoms with Gasteiger partial charge in [-0.3, -0.25) is 0 Å². The molecule has 0 radical (unpaired) electrons. The van der Waals surface area contributed by atoms with Crippen LogP contribution in [0.3, 0.4) is 0 Å². The Balaban J connectivity index is 2.23. The number of hydrogen-bond acceptors (Lipinski definition) is 3. The summed E-state index contributed by atoms with van der Waals surface area (Å²) in [6, 6.07) is 10.3. The van der Waals surface area contributed by atoms with E-state index in [4.69, 9.17) is 10.00 Å².